The molecule has 3 nitrogen and oxygen atoms in total. The first-order chi connectivity index (χ1) is 6.37. The molecular weight excluding hydrogens is 202 g/mol. The van der Waals surface area contributed by atoms with Gasteiger partial charge in [-0.15, -0.1) is 11.6 Å². The smallest absolute Gasteiger partial charge is 0.407 e. The first-order valence-corrected chi connectivity index (χ1v) is 5.44. The largest absolute Gasteiger partial charge is 0.444 e. The molecule has 0 unspecified atom stereocenters. The van der Waals surface area contributed by atoms with Crippen molar-refractivity contribution in [3.05, 3.63) is 0 Å². The van der Waals surface area contributed by atoms with Gasteiger partial charge in [0, 0.05) is 11.4 Å². The molecule has 1 amide bonds. The van der Waals surface area contributed by atoms with Crippen molar-refractivity contribution in [1.29, 1.82) is 0 Å². The van der Waals surface area contributed by atoms with Gasteiger partial charge in [-0.2, -0.15) is 0 Å². The summed E-state index contributed by atoms with van der Waals surface area (Å²) in [5, 5.41) is 3.02. The third-order valence-electron chi connectivity index (χ3n) is 2.09. The summed E-state index contributed by atoms with van der Waals surface area (Å²) in [5.74, 6) is 0. The molecule has 0 heterocycles. The first-order valence-electron chi connectivity index (χ1n) is 5.00. The van der Waals surface area contributed by atoms with Crippen molar-refractivity contribution in [1.82, 2.24) is 5.32 Å². The van der Waals surface area contributed by atoms with Crippen LogP contribution in [0.25, 0.3) is 0 Å². The van der Waals surface area contributed by atoms with E-state index in [4.69, 9.17) is 16.3 Å². The van der Waals surface area contributed by atoms with E-state index in [9.17, 15) is 4.79 Å². The Bertz CT molecular complexity index is 213. The number of halogens is 1. The van der Waals surface area contributed by atoms with E-state index in [2.05, 4.69) is 5.32 Å². The van der Waals surface area contributed by atoms with Gasteiger partial charge < -0.3 is 10.1 Å². The predicted octanol–water partition coefficient (Wildman–Crippen LogP) is 2.67. The number of nitrogens with one attached hydrogen (secondary N) is 1. The van der Waals surface area contributed by atoms with Gasteiger partial charge in [0.2, 0.25) is 0 Å². The zero-order valence-electron chi connectivity index (χ0n) is 8.97. The molecule has 0 aromatic rings. The van der Waals surface area contributed by atoms with Crippen molar-refractivity contribution in [2.24, 2.45) is 0 Å². The molecule has 0 aromatic heterocycles. The molecule has 0 spiro atoms. The number of alkyl halides is 1. The number of carbonyl (C=O) groups excluding carboxylic acids is 1. The van der Waals surface area contributed by atoms with Gasteiger partial charge in [-0.3, -0.25) is 0 Å². The molecule has 1 fully saturated rings. The summed E-state index contributed by atoms with van der Waals surface area (Å²) in [6.07, 6.45) is 2.43. The normalized spacial score (nSPS) is 27.4. The van der Waals surface area contributed by atoms with Gasteiger partial charge in [0.1, 0.15) is 5.60 Å². The second-order valence-electron chi connectivity index (χ2n) is 4.75. The van der Waals surface area contributed by atoms with E-state index in [1.807, 2.05) is 20.8 Å². The van der Waals surface area contributed by atoms with E-state index in [1.165, 1.54) is 0 Å². The monoisotopic (exact) mass is 219 g/mol. The maximum Gasteiger partial charge on any atom is 0.407 e. The van der Waals surface area contributed by atoms with Crippen LogP contribution in [0.2, 0.25) is 0 Å². The predicted molar refractivity (Wildman–Crippen MR) is 56.6 cm³/mol. The van der Waals surface area contributed by atoms with Crippen LogP contribution < -0.4 is 5.32 Å². The topological polar surface area (TPSA) is 38.3 Å². The van der Waals surface area contributed by atoms with Gasteiger partial charge >= 0.3 is 6.09 Å². The number of ether oxygens (including phenoxy) is 1. The van der Waals surface area contributed by atoms with Crippen LogP contribution in [0.5, 0.6) is 0 Å². The highest BCUT2D eigenvalue weighted by atomic mass is 35.5. The van der Waals surface area contributed by atoms with E-state index in [-0.39, 0.29) is 17.5 Å². The number of hydrogen-bond acceptors (Lipinski definition) is 2. The van der Waals surface area contributed by atoms with Gasteiger partial charge in [0.05, 0.1) is 0 Å². The minimum Gasteiger partial charge on any atom is -0.444 e. The highest BCUT2D eigenvalue weighted by Crippen LogP contribution is 2.24. The second kappa shape index (κ2) is 4.39. The highest BCUT2D eigenvalue weighted by Gasteiger charge is 2.26. The lowest BCUT2D eigenvalue weighted by Crippen LogP contribution is -2.37. The molecule has 0 aliphatic heterocycles. The van der Waals surface area contributed by atoms with Crippen LogP contribution in [0.4, 0.5) is 4.79 Å². The summed E-state index contributed by atoms with van der Waals surface area (Å²) in [6.45, 7) is 5.56. The zero-order chi connectivity index (χ0) is 10.8. The Balaban J connectivity index is 2.27. The molecule has 1 saturated carbocycles. The van der Waals surface area contributed by atoms with Crippen LogP contribution in [-0.2, 0) is 4.74 Å². The molecule has 1 aliphatic carbocycles. The maximum absolute atomic E-state index is 11.3. The molecule has 82 valence electrons. The second-order valence-corrected chi connectivity index (χ2v) is 5.37. The Morgan fingerprint density at radius 2 is 2.07 bits per heavy atom. The summed E-state index contributed by atoms with van der Waals surface area (Å²) in [5.41, 5.74) is -0.428. The van der Waals surface area contributed by atoms with Crippen LogP contribution in [0.3, 0.4) is 0 Å². The molecule has 1 aliphatic rings. The minimum atomic E-state index is -0.428. The van der Waals surface area contributed by atoms with Crippen LogP contribution in [0, 0.1) is 0 Å². The highest BCUT2D eigenvalue weighted by molar-refractivity contribution is 6.20. The van der Waals surface area contributed by atoms with Crippen molar-refractivity contribution in [3.8, 4) is 0 Å². The van der Waals surface area contributed by atoms with Crippen LogP contribution >= 0.6 is 11.6 Å². The van der Waals surface area contributed by atoms with E-state index in [0.29, 0.717) is 0 Å². The molecule has 0 saturated heterocycles. The van der Waals surface area contributed by atoms with Gasteiger partial charge in [-0.25, -0.2) is 4.79 Å². The fraction of sp³-hybridized carbons (Fsp3) is 0.900. The average Bonchev–Trinajstić information content (AvgIpc) is 2.30. The zero-order valence-corrected chi connectivity index (χ0v) is 9.73. The van der Waals surface area contributed by atoms with E-state index in [1.54, 1.807) is 0 Å². The van der Waals surface area contributed by atoms with E-state index >= 15 is 0 Å². The number of carbonyl (C=O) groups is 1. The Hall–Kier alpha value is -0.440. The summed E-state index contributed by atoms with van der Waals surface area (Å²) < 4.78 is 5.14. The minimum absolute atomic E-state index is 0.187. The van der Waals surface area contributed by atoms with Gasteiger partial charge in [-0.05, 0) is 40.0 Å². The standard InChI is InChI=1S/C10H18ClNO2/c1-10(2,3)14-9(13)12-8-5-4-7(11)6-8/h7-8H,4-6H2,1-3H3,(H,12,13)/t7-,8-/m1/s1. The lowest BCUT2D eigenvalue weighted by molar-refractivity contribution is 0.0505. The Morgan fingerprint density at radius 3 is 2.50 bits per heavy atom. The molecule has 0 radical (unpaired) electrons. The molecule has 2 atom stereocenters. The number of hydrogen-bond donors (Lipinski definition) is 1. The molecule has 1 rings (SSSR count). The molecule has 4 heteroatoms. The van der Waals surface area contributed by atoms with Gasteiger partial charge in [0.15, 0.2) is 0 Å². The van der Waals surface area contributed by atoms with E-state index in [0.717, 1.165) is 19.3 Å². The van der Waals surface area contributed by atoms with Gasteiger partial charge in [-0.1, -0.05) is 0 Å². The lowest BCUT2D eigenvalue weighted by atomic mass is 10.2. The van der Waals surface area contributed by atoms with E-state index < -0.39 is 5.60 Å². The Kier molecular flexibility index (Phi) is 3.65. The first kappa shape index (κ1) is 11.6. The molecule has 0 aromatic carbocycles. The average molecular weight is 220 g/mol. The third-order valence-corrected chi connectivity index (χ3v) is 2.49. The summed E-state index contributed by atoms with van der Waals surface area (Å²) >= 11 is 5.93. The fourth-order valence-corrected chi connectivity index (χ4v) is 1.87. The molecule has 14 heavy (non-hydrogen) atoms. The van der Waals surface area contributed by atoms with Crippen LogP contribution in [-0.4, -0.2) is 23.1 Å². The SMILES string of the molecule is CC(C)(C)OC(=O)N[C@@H]1CC[C@@H](Cl)C1. The summed E-state index contributed by atoms with van der Waals surface area (Å²) in [6, 6.07) is 0.187. The third kappa shape index (κ3) is 4.18. The van der Waals surface area contributed by atoms with Crippen LogP contribution in [0.15, 0.2) is 0 Å². The van der Waals surface area contributed by atoms with Gasteiger partial charge in [0.25, 0.3) is 0 Å². The Morgan fingerprint density at radius 1 is 1.43 bits per heavy atom. The summed E-state index contributed by atoms with van der Waals surface area (Å²) in [4.78, 5) is 11.3. The van der Waals surface area contributed by atoms with Crippen molar-refractivity contribution >= 4 is 17.7 Å². The number of alkyl carbamates (subject to hydrolysis) is 1. The van der Waals surface area contributed by atoms with Crippen molar-refractivity contribution in [2.45, 2.75) is 57.1 Å². The number of rotatable bonds is 1. The maximum atomic E-state index is 11.3. The Labute approximate surface area is 90.1 Å². The molecular formula is C10H18ClNO2. The fourth-order valence-electron chi connectivity index (χ4n) is 1.53. The summed E-state index contributed by atoms with van der Waals surface area (Å²) in [7, 11) is 0. The van der Waals surface area contributed by atoms with Crippen LogP contribution in [0.1, 0.15) is 40.0 Å². The van der Waals surface area contributed by atoms with Crippen molar-refractivity contribution in [3.63, 3.8) is 0 Å². The molecule has 1 N–H and O–H groups in total. The van der Waals surface area contributed by atoms with Crippen molar-refractivity contribution in [2.75, 3.05) is 0 Å². The lowest BCUT2D eigenvalue weighted by Gasteiger charge is -2.21. The quantitative estimate of drug-likeness (QED) is 0.689. The van der Waals surface area contributed by atoms with Crippen molar-refractivity contribution < 1.29 is 9.53 Å². The number of amides is 1. The molecule has 0 bridgehead atoms.